The Morgan fingerprint density at radius 3 is 2.91 bits per heavy atom. The summed E-state index contributed by atoms with van der Waals surface area (Å²) in [7, 11) is 1.58. The molecule has 11 heavy (non-hydrogen) atoms. The smallest absolute Gasteiger partial charge is 0.214 e. The SMILES string of the molecule is COc1cc(Br)cc(CN)n1. The molecule has 0 bridgehead atoms. The fourth-order valence-electron chi connectivity index (χ4n) is 0.734. The summed E-state index contributed by atoms with van der Waals surface area (Å²) in [6.45, 7) is 0.426. The third kappa shape index (κ3) is 2.17. The molecular formula is C7H9BrN2O. The zero-order valence-corrected chi connectivity index (χ0v) is 7.76. The first-order valence-corrected chi connectivity index (χ1v) is 3.96. The van der Waals surface area contributed by atoms with Crippen molar-refractivity contribution in [3.63, 3.8) is 0 Å². The molecule has 2 N–H and O–H groups in total. The highest BCUT2D eigenvalue weighted by molar-refractivity contribution is 9.10. The number of rotatable bonds is 2. The van der Waals surface area contributed by atoms with Gasteiger partial charge in [-0.05, 0) is 6.07 Å². The molecule has 0 aliphatic rings. The summed E-state index contributed by atoms with van der Waals surface area (Å²) in [5, 5.41) is 0. The lowest BCUT2D eigenvalue weighted by molar-refractivity contribution is 0.396. The van der Waals surface area contributed by atoms with E-state index in [-0.39, 0.29) is 0 Å². The Morgan fingerprint density at radius 1 is 1.64 bits per heavy atom. The van der Waals surface area contributed by atoms with Crippen molar-refractivity contribution in [3.8, 4) is 5.88 Å². The van der Waals surface area contributed by atoms with E-state index in [2.05, 4.69) is 20.9 Å². The molecular weight excluding hydrogens is 208 g/mol. The van der Waals surface area contributed by atoms with Gasteiger partial charge in [-0.1, -0.05) is 15.9 Å². The summed E-state index contributed by atoms with van der Waals surface area (Å²) < 4.78 is 5.88. The molecule has 0 amide bonds. The van der Waals surface area contributed by atoms with Crippen molar-refractivity contribution in [2.24, 2.45) is 5.73 Å². The van der Waals surface area contributed by atoms with Crippen LogP contribution in [0.5, 0.6) is 5.88 Å². The van der Waals surface area contributed by atoms with Gasteiger partial charge in [-0.2, -0.15) is 0 Å². The molecule has 1 heterocycles. The lowest BCUT2D eigenvalue weighted by Gasteiger charge is -2.01. The average Bonchev–Trinajstić information content (AvgIpc) is 2.03. The van der Waals surface area contributed by atoms with Crippen LogP contribution in [0.2, 0.25) is 0 Å². The van der Waals surface area contributed by atoms with Gasteiger partial charge in [-0.3, -0.25) is 0 Å². The van der Waals surface area contributed by atoms with E-state index in [1.54, 1.807) is 13.2 Å². The van der Waals surface area contributed by atoms with Crippen LogP contribution in [-0.2, 0) is 6.54 Å². The average molecular weight is 217 g/mol. The Balaban J connectivity index is 3.02. The second kappa shape index (κ2) is 3.69. The molecule has 4 heteroatoms. The van der Waals surface area contributed by atoms with Gasteiger partial charge in [0.1, 0.15) is 0 Å². The maximum Gasteiger partial charge on any atom is 0.214 e. The van der Waals surface area contributed by atoms with Crippen molar-refractivity contribution in [1.82, 2.24) is 4.98 Å². The predicted molar refractivity (Wildman–Crippen MR) is 46.4 cm³/mol. The van der Waals surface area contributed by atoms with Crippen LogP contribution >= 0.6 is 15.9 Å². The minimum atomic E-state index is 0.426. The van der Waals surface area contributed by atoms with Gasteiger partial charge < -0.3 is 10.5 Å². The highest BCUT2D eigenvalue weighted by atomic mass is 79.9. The van der Waals surface area contributed by atoms with Gasteiger partial charge in [0.2, 0.25) is 5.88 Å². The van der Waals surface area contributed by atoms with Gasteiger partial charge in [0.05, 0.1) is 12.8 Å². The molecule has 1 rings (SSSR count). The summed E-state index contributed by atoms with van der Waals surface area (Å²) in [5.74, 6) is 0.583. The number of aromatic nitrogens is 1. The van der Waals surface area contributed by atoms with E-state index in [1.165, 1.54) is 0 Å². The van der Waals surface area contributed by atoms with Crippen LogP contribution in [0.3, 0.4) is 0 Å². The molecule has 0 radical (unpaired) electrons. The maximum atomic E-state index is 5.40. The van der Waals surface area contributed by atoms with E-state index in [0.29, 0.717) is 12.4 Å². The van der Waals surface area contributed by atoms with E-state index in [0.717, 1.165) is 10.2 Å². The van der Waals surface area contributed by atoms with Crippen LogP contribution < -0.4 is 10.5 Å². The van der Waals surface area contributed by atoms with Crippen LogP contribution in [0.25, 0.3) is 0 Å². The highest BCUT2D eigenvalue weighted by Gasteiger charge is 1.98. The number of hydrogen-bond acceptors (Lipinski definition) is 3. The van der Waals surface area contributed by atoms with E-state index >= 15 is 0 Å². The molecule has 0 aliphatic heterocycles. The van der Waals surface area contributed by atoms with Crippen molar-refractivity contribution in [2.45, 2.75) is 6.54 Å². The molecule has 0 fully saturated rings. The number of pyridine rings is 1. The van der Waals surface area contributed by atoms with Gasteiger partial charge in [0.25, 0.3) is 0 Å². The molecule has 0 aromatic carbocycles. The summed E-state index contributed by atoms with van der Waals surface area (Å²) in [6.07, 6.45) is 0. The van der Waals surface area contributed by atoms with Crippen LogP contribution in [0, 0.1) is 0 Å². The minimum Gasteiger partial charge on any atom is -0.481 e. The van der Waals surface area contributed by atoms with Crippen molar-refractivity contribution in [3.05, 3.63) is 22.3 Å². The minimum absolute atomic E-state index is 0.426. The second-order valence-corrected chi connectivity index (χ2v) is 2.94. The van der Waals surface area contributed by atoms with Crippen molar-refractivity contribution >= 4 is 15.9 Å². The van der Waals surface area contributed by atoms with Gasteiger partial charge in [-0.15, -0.1) is 0 Å². The Morgan fingerprint density at radius 2 is 2.36 bits per heavy atom. The molecule has 0 unspecified atom stereocenters. The van der Waals surface area contributed by atoms with Gasteiger partial charge in [-0.25, -0.2) is 4.98 Å². The van der Waals surface area contributed by atoms with Crippen LogP contribution in [-0.4, -0.2) is 12.1 Å². The van der Waals surface area contributed by atoms with Crippen LogP contribution in [0.15, 0.2) is 16.6 Å². The first kappa shape index (κ1) is 8.49. The van der Waals surface area contributed by atoms with E-state index in [4.69, 9.17) is 10.5 Å². The van der Waals surface area contributed by atoms with Gasteiger partial charge in [0, 0.05) is 17.1 Å². The van der Waals surface area contributed by atoms with Crippen LogP contribution in [0.1, 0.15) is 5.69 Å². The third-order valence-electron chi connectivity index (χ3n) is 1.24. The van der Waals surface area contributed by atoms with Crippen molar-refractivity contribution in [1.29, 1.82) is 0 Å². The lowest BCUT2D eigenvalue weighted by atomic mass is 10.3. The summed E-state index contributed by atoms with van der Waals surface area (Å²) in [4.78, 5) is 4.09. The number of methoxy groups -OCH3 is 1. The monoisotopic (exact) mass is 216 g/mol. The summed E-state index contributed by atoms with van der Waals surface area (Å²) >= 11 is 3.32. The van der Waals surface area contributed by atoms with Crippen LogP contribution in [0.4, 0.5) is 0 Å². The van der Waals surface area contributed by atoms with Crippen molar-refractivity contribution in [2.75, 3.05) is 7.11 Å². The third-order valence-corrected chi connectivity index (χ3v) is 1.70. The highest BCUT2D eigenvalue weighted by Crippen LogP contribution is 2.16. The molecule has 0 aliphatic carbocycles. The first-order chi connectivity index (χ1) is 5.26. The first-order valence-electron chi connectivity index (χ1n) is 3.17. The standard InChI is InChI=1S/C7H9BrN2O/c1-11-7-3-5(8)2-6(4-9)10-7/h2-3H,4,9H2,1H3. The number of halogens is 1. The molecule has 0 spiro atoms. The fourth-order valence-corrected chi connectivity index (χ4v) is 1.19. The second-order valence-electron chi connectivity index (χ2n) is 2.02. The zero-order valence-electron chi connectivity index (χ0n) is 6.17. The molecule has 1 aromatic rings. The van der Waals surface area contributed by atoms with E-state index in [1.807, 2.05) is 6.07 Å². The van der Waals surface area contributed by atoms with E-state index in [9.17, 15) is 0 Å². The van der Waals surface area contributed by atoms with Gasteiger partial charge >= 0.3 is 0 Å². The van der Waals surface area contributed by atoms with Crippen molar-refractivity contribution < 1.29 is 4.74 Å². The summed E-state index contributed by atoms with van der Waals surface area (Å²) in [5.41, 5.74) is 6.22. The molecule has 0 atom stereocenters. The molecule has 1 aromatic heterocycles. The topological polar surface area (TPSA) is 48.1 Å². The summed E-state index contributed by atoms with van der Waals surface area (Å²) in [6, 6.07) is 3.65. The maximum absolute atomic E-state index is 5.40. The Labute approximate surface area is 73.7 Å². The number of nitrogens with two attached hydrogens (primary N) is 1. The normalized spacial score (nSPS) is 9.73. The van der Waals surface area contributed by atoms with E-state index < -0.39 is 0 Å². The largest absolute Gasteiger partial charge is 0.481 e. The number of ether oxygens (including phenoxy) is 1. The zero-order chi connectivity index (χ0) is 8.27. The lowest BCUT2D eigenvalue weighted by Crippen LogP contribution is -2.00. The predicted octanol–water partition coefficient (Wildman–Crippen LogP) is 1.31. The molecule has 0 saturated heterocycles. The molecule has 0 saturated carbocycles. The Kier molecular flexibility index (Phi) is 2.84. The Bertz CT molecular complexity index is 230. The quantitative estimate of drug-likeness (QED) is 0.812. The number of hydrogen-bond donors (Lipinski definition) is 1. The number of nitrogens with zero attached hydrogens (tertiary/aromatic N) is 1. The van der Waals surface area contributed by atoms with Gasteiger partial charge in [0.15, 0.2) is 0 Å². The Hall–Kier alpha value is -0.610. The molecule has 3 nitrogen and oxygen atoms in total. The fraction of sp³-hybridized carbons (Fsp3) is 0.286. The molecule has 60 valence electrons.